The van der Waals surface area contributed by atoms with E-state index in [-0.39, 0.29) is 5.65 Å². The highest BCUT2D eigenvalue weighted by atomic mass is 31.1. The Kier molecular flexibility index (Phi) is 9.77. The van der Waals surface area contributed by atoms with Crippen LogP contribution >= 0.6 is 8.58 Å². The lowest BCUT2D eigenvalue weighted by Gasteiger charge is -2.27. The summed E-state index contributed by atoms with van der Waals surface area (Å²) in [7, 11) is -2.30. The standard InChI is InChI=1S/C8H24NO3PSi3/c1-13-8(10)9-6-5-7-16(4,11-14-2)12-15-3/h13H,5-7,14-15H2,1-4H3,(H,9,10). The summed E-state index contributed by atoms with van der Waals surface area (Å²) in [5, 5.41) is 2.90. The van der Waals surface area contributed by atoms with E-state index in [0.29, 0.717) is 8.58 Å². The zero-order valence-corrected chi connectivity index (χ0v) is 15.6. The van der Waals surface area contributed by atoms with Crippen LogP contribution in [-0.2, 0) is 8.23 Å². The van der Waals surface area contributed by atoms with Gasteiger partial charge < -0.3 is 13.5 Å². The van der Waals surface area contributed by atoms with E-state index in [1.807, 2.05) is 6.66 Å². The van der Waals surface area contributed by atoms with Gasteiger partial charge in [-0.1, -0.05) is 13.1 Å². The van der Waals surface area contributed by atoms with Gasteiger partial charge in [0.1, 0.15) is 19.5 Å². The summed E-state index contributed by atoms with van der Waals surface area (Å²) in [5.74, 6) is 0. The number of amides is 1. The normalized spacial score (nSPS) is 16.8. The highest BCUT2D eigenvalue weighted by Crippen LogP contribution is 2.14. The Balaban J connectivity index is 3.79. The number of nitrogens with one attached hydrogen (secondary N) is 1. The van der Waals surface area contributed by atoms with Crippen molar-refractivity contribution in [1.29, 1.82) is 0 Å². The summed E-state index contributed by atoms with van der Waals surface area (Å²) in [6, 6.07) is 1.00. The van der Waals surface area contributed by atoms with Gasteiger partial charge in [-0.2, -0.15) is 0 Å². The Hall–Kier alpha value is 0.471. The molecule has 0 saturated heterocycles. The second-order valence-electron chi connectivity index (χ2n) is 3.61. The van der Waals surface area contributed by atoms with Gasteiger partial charge in [-0.15, -0.1) is 0 Å². The minimum atomic E-state index is -1.86. The fourth-order valence-corrected chi connectivity index (χ4v) is 9.74. The van der Waals surface area contributed by atoms with Crippen molar-refractivity contribution in [3.05, 3.63) is 0 Å². The van der Waals surface area contributed by atoms with Crippen LogP contribution in [0.2, 0.25) is 25.7 Å². The molecule has 1 atom stereocenters. The molecule has 0 saturated carbocycles. The van der Waals surface area contributed by atoms with Crippen molar-refractivity contribution in [3.8, 4) is 0 Å². The van der Waals surface area contributed by atoms with Gasteiger partial charge >= 0.3 is 8.56 Å². The van der Waals surface area contributed by atoms with Crippen LogP contribution in [0.15, 0.2) is 0 Å². The average molecular weight is 298 g/mol. The predicted octanol–water partition coefficient (Wildman–Crippen LogP) is 0.763. The lowest BCUT2D eigenvalue weighted by Crippen LogP contribution is -2.40. The molecule has 16 heavy (non-hydrogen) atoms. The highest BCUT2D eigenvalue weighted by molar-refractivity contribution is 7.56. The van der Waals surface area contributed by atoms with E-state index in [2.05, 4.69) is 25.0 Å². The number of carbonyl (C=O) groups is 1. The molecule has 0 fully saturated rings. The van der Waals surface area contributed by atoms with Crippen LogP contribution in [0.25, 0.3) is 0 Å². The van der Waals surface area contributed by atoms with Crippen LogP contribution in [0, 0.1) is 0 Å². The largest absolute Gasteiger partial charge is 0.442 e. The van der Waals surface area contributed by atoms with Gasteiger partial charge in [-0.3, -0.25) is 4.79 Å². The molecule has 4 nitrogen and oxygen atoms in total. The number of carbonyl (C=O) groups excluding carboxylic acids is 1. The molecule has 1 amide bonds. The maximum Gasteiger partial charge on any atom is 0.313 e. The molecule has 96 valence electrons. The lowest BCUT2D eigenvalue weighted by molar-refractivity contribution is 0.260. The van der Waals surface area contributed by atoms with E-state index in [1.165, 1.54) is 0 Å². The second kappa shape index (κ2) is 9.50. The third kappa shape index (κ3) is 7.70. The molecular weight excluding hydrogens is 273 g/mol. The Morgan fingerprint density at radius 3 is 2.38 bits per heavy atom. The van der Waals surface area contributed by atoms with E-state index in [4.69, 9.17) is 8.23 Å². The highest BCUT2D eigenvalue weighted by Gasteiger charge is 2.28. The van der Waals surface area contributed by atoms with E-state index >= 15 is 0 Å². The van der Waals surface area contributed by atoms with Crippen LogP contribution in [-0.4, -0.2) is 46.9 Å². The van der Waals surface area contributed by atoms with Crippen molar-refractivity contribution in [2.24, 2.45) is 0 Å². The first-order valence-corrected chi connectivity index (χ1v) is 13.8. The first kappa shape index (κ1) is 16.5. The molecular formula is C8H24NO3PSi3. The molecule has 0 aliphatic heterocycles. The molecule has 8 heteroatoms. The smallest absolute Gasteiger partial charge is 0.313 e. The van der Waals surface area contributed by atoms with Gasteiger partial charge in [0.25, 0.3) is 0 Å². The average Bonchev–Trinajstić information content (AvgIpc) is 2.25. The first-order valence-electron chi connectivity index (χ1n) is 5.81. The monoisotopic (exact) mass is 297 g/mol. The molecule has 0 spiro atoms. The van der Waals surface area contributed by atoms with Crippen LogP contribution in [0.1, 0.15) is 6.42 Å². The Labute approximate surface area is 106 Å². The SMILES string of the molecule is C[SiH2]O[Si](C)(CCCNC(=O)PC)O[SiH2]C. The van der Waals surface area contributed by atoms with Gasteiger partial charge in [0.05, 0.1) is 0 Å². The van der Waals surface area contributed by atoms with Crippen LogP contribution in [0.4, 0.5) is 4.79 Å². The fourth-order valence-electron chi connectivity index (χ4n) is 1.50. The van der Waals surface area contributed by atoms with Gasteiger partial charge in [-0.25, -0.2) is 0 Å². The quantitative estimate of drug-likeness (QED) is 0.388. The maximum absolute atomic E-state index is 11.1. The Bertz CT molecular complexity index is 203. The van der Waals surface area contributed by atoms with Gasteiger partial charge in [0.15, 0.2) is 0 Å². The molecule has 0 bridgehead atoms. The number of hydrogen-bond acceptors (Lipinski definition) is 3. The van der Waals surface area contributed by atoms with Gasteiger partial charge in [-0.05, 0) is 34.3 Å². The summed E-state index contributed by atoms with van der Waals surface area (Å²) in [5.41, 5.74) is 0.153. The van der Waals surface area contributed by atoms with Crippen LogP contribution in [0.5, 0.6) is 0 Å². The van der Waals surface area contributed by atoms with Crippen molar-refractivity contribution in [2.75, 3.05) is 13.2 Å². The number of hydrogen-bond donors (Lipinski definition) is 1. The zero-order chi connectivity index (χ0) is 12.4. The summed E-state index contributed by atoms with van der Waals surface area (Å²) in [4.78, 5) is 11.1. The summed E-state index contributed by atoms with van der Waals surface area (Å²) in [6.07, 6.45) is 0.974. The molecule has 1 N–H and O–H groups in total. The molecule has 0 aromatic carbocycles. The summed E-state index contributed by atoms with van der Waals surface area (Å²) < 4.78 is 11.8. The van der Waals surface area contributed by atoms with Crippen LogP contribution < -0.4 is 5.32 Å². The van der Waals surface area contributed by atoms with Crippen molar-refractivity contribution >= 4 is 42.3 Å². The zero-order valence-electron chi connectivity index (χ0n) is 10.8. The van der Waals surface area contributed by atoms with E-state index < -0.39 is 28.1 Å². The van der Waals surface area contributed by atoms with Crippen molar-refractivity contribution in [1.82, 2.24) is 5.32 Å². The third-order valence-electron chi connectivity index (χ3n) is 2.22. The minimum Gasteiger partial charge on any atom is -0.442 e. The molecule has 1 unspecified atom stereocenters. The van der Waals surface area contributed by atoms with Gasteiger partial charge in [0.2, 0.25) is 5.65 Å². The molecule has 0 rings (SSSR count). The lowest BCUT2D eigenvalue weighted by atomic mass is 10.5. The van der Waals surface area contributed by atoms with Crippen molar-refractivity contribution in [2.45, 2.75) is 32.1 Å². The molecule has 0 aliphatic rings. The fraction of sp³-hybridized carbons (Fsp3) is 0.875. The number of rotatable bonds is 9. The van der Waals surface area contributed by atoms with Crippen molar-refractivity contribution < 1.29 is 13.0 Å². The molecule has 0 aromatic heterocycles. The maximum atomic E-state index is 11.1. The van der Waals surface area contributed by atoms with E-state index in [9.17, 15) is 4.79 Å². The van der Waals surface area contributed by atoms with E-state index in [0.717, 1.165) is 19.0 Å². The van der Waals surface area contributed by atoms with Crippen LogP contribution in [0.3, 0.4) is 0 Å². The Morgan fingerprint density at radius 1 is 1.38 bits per heavy atom. The topological polar surface area (TPSA) is 47.6 Å². The molecule has 0 heterocycles. The minimum absolute atomic E-state index is 0.153. The molecule has 0 aromatic rings. The van der Waals surface area contributed by atoms with Crippen molar-refractivity contribution in [3.63, 3.8) is 0 Å². The van der Waals surface area contributed by atoms with E-state index in [1.54, 1.807) is 0 Å². The second-order valence-corrected chi connectivity index (χ2v) is 10.8. The van der Waals surface area contributed by atoms with Gasteiger partial charge in [0, 0.05) is 6.54 Å². The molecule has 0 radical (unpaired) electrons. The third-order valence-corrected chi connectivity index (χ3v) is 11.3. The summed E-state index contributed by atoms with van der Waals surface area (Å²) in [6.45, 7) is 9.10. The predicted molar refractivity (Wildman–Crippen MR) is 79.7 cm³/mol. The first-order chi connectivity index (χ1) is 7.58. The molecule has 0 aliphatic carbocycles. The summed E-state index contributed by atoms with van der Waals surface area (Å²) >= 11 is 0. The Morgan fingerprint density at radius 2 is 1.94 bits per heavy atom.